The fourth-order valence-electron chi connectivity index (χ4n) is 3.75. The van der Waals surface area contributed by atoms with Gasteiger partial charge in [0.05, 0.1) is 0 Å². The number of aromatic nitrogens is 2. The van der Waals surface area contributed by atoms with Crippen LogP contribution >= 0.6 is 0 Å². The van der Waals surface area contributed by atoms with E-state index in [1.165, 1.54) is 5.56 Å². The number of carbonyl (C=O) groups excluding carboxylic acids is 1. The second-order valence-electron chi connectivity index (χ2n) is 8.81. The van der Waals surface area contributed by atoms with Gasteiger partial charge in [0.15, 0.2) is 0 Å². The maximum Gasteiger partial charge on any atom is 0.249 e. The fraction of sp³-hybridized carbons (Fsp3) is 0.320. The number of benzene rings is 2. The lowest BCUT2D eigenvalue weighted by Crippen LogP contribution is -2.27. The smallest absolute Gasteiger partial charge is 0.249 e. The molecule has 1 atom stereocenters. The molecule has 5 nitrogen and oxygen atoms in total. The summed E-state index contributed by atoms with van der Waals surface area (Å²) in [6, 6.07) is 16.1. The fourth-order valence-corrected chi connectivity index (χ4v) is 3.75. The van der Waals surface area contributed by atoms with E-state index in [1.807, 2.05) is 47.4 Å². The van der Waals surface area contributed by atoms with Gasteiger partial charge in [-0.05, 0) is 28.5 Å². The molecule has 2 aromatic carbocycles. The minimum Gasteiger partial charge on any atom is -0.337 e. The van der Waals surface area contributed by atoms with Crippen molar-refractivity contribution in [2.24, 2.45) is 0 Å². The number of amides is 1. The molecule has 1 saturated heterocycles. The Bertz CT molecular complexity index is 1040. The Hall–Kier alpha value is -3.21. The standard InChI is InChI=1S/C25H27N3O2/c1-5-17-6-8-18(9-7-17)16-28-21(14-15-22(28)29)24-26-23(27-30-24)19-10-12-20(13-11-19)25(2,3)4/h5-13,21H,1,14-16H2,2-4H3. The molecule has 1 aliphatic heterocycles. The molecule has 0 saturated carbocycles. The topological polar surface area (TPSA) is 59.2 Å². The van der Waals surface area contributed by atoms with Gasteiger partial charge in [-0.1, -0.05) is 87.1 Å². The van der Waals surface area contributed by atoms with E-state index in [0.29, 0.717) is 31.1 Å². The zero-order valence-corrected chi connectivity index (χ0v) is 17.8. The van der Waals surface area contributed by atoms with Gasteiger partial charge in [0.1, 0.15) is 6.04 Å². The molecular formula is C25H27N3O2. The minimum absolute atomic E-state index is 0.0928. The highest BCUT2D eigenvalue weighted by Crippen LogP contribution is 2.34. The van der Waals surface area contributed by atoms with Crippen LogP contribution in [0, 0.1) is 0 Å². The van der Waals surface area contributed by atoms with E-state index in [0.717, 1.165) is 16.7 Å². The Morgan fingerprint density at radius 3 is 2.47 bits per heavy atom. The first-order chi connectivity index (χ1) is 14.3. The van der Waals surface area contributed by atoms with Gasteiger partial charge in [-0.25, -0.2) is 0 Å². The van der Waals surface area contributed by atoms with Crippen molar-refractivity contribution in [3.63, 3.8) is 0 Å². The molecule has 0 radical (unpaired) electrons. The van der Waals surface area contributed by atoms with Crippen molar-refractivity contribution in [3.8, 4) is 11.4 Å². The third-order valence-electron chi connectivity index (χ3n) is 5.63. The van der Waals surface area contributed by atoms with Gasteiger partial charge in [-0.15, -0.1) is 0 Å². The molecule has 0 N–H and O–H groups in total. The first kappa shape index (κ1) is 20.1. The number of rotatable bonds is 5. The predicted molar refractivity (Wildman–Crippen MR) is 117 cm³/mol. The molecule has 0 bridgehead atoms. The van der Waals surface area contributed by atoms with Crippen molar-refractivity contribution in [1.82, 2.24) is 15.0 Å². The summed E-state index contributed by atoms with van der Waals surface area (Å²) in [5.74, 6) is 1.17. The van der Waals surface area contributed by atoms with Crippen LogP contribution in [-0.4, -0.2) is 20.9 Å². The molecule has 0 spiro atoms. The maximum atomic E-state index is 12.5. The van der Waals surface area contributed by atoms with Crippen LogP contribution in [0.15, 0.2) is 59.6 Å². The summed E-state index contributed by atoms with van der Waals surface area (Å²) >= 11 is 0. The Kier molecular flexibility index (Phi) is 5.29. The van der Waals surface area contributed by atoms with Crippen molar-refractivity contribution in [2.75, 3.05) is 0 Å². The van der Waals surface area contributed by atoms with Crippen LogP contribution in [0.5, 0.6) is 0 Å². The maximum absolute atomic E-state index is 12.5. The SMILES string of the molecule is C=Cc1ccc(CN2C(=O)CCC2c2nc(-c3ccc(C(C)(C)C)cc3)no2)cc1. The second kappa shape index (κ2) is 7.90. The summed E-state index contributed by atoms with van der Waals surface area (Å²) in [6.45, 7) is 10.9. The monoisotopic (exact) mass is 401 g/mol. The van der Waals surface area contributed by atoms with E-state index in [1.54, 1.807) is 0 Å². The van der Waals surface area contributed by atoms with Crippen LogP contribution in [0.1, 0.15) is 62.2 Å². The highest BCUT2D eigenvalue weighted by atomic mass is 16.5. The van der Waals surface area contributed by atoms with Gasteiger partial charge in [0.2, 0.25) is 17.6 Å². The van der Waals surface area contributed by atoms with Gasteiger partial charge >= 0.3 is 0 Å². The predicted octanol–water partition coefficient (Wildman–Crippen LogP) is 5.54. The lowest BCUT2D eigenvalue weighted by atomic mass is 9.87. The van der Waals surface area contributed by atoms with E-state index >= 15 is 0 Å². The molecule has 154 valence electrons. The van der Waals surface area contributed by atoms with Gasteiger partial charge in [-0.2, -0.15) is 4.98 Å². The summed E-state index contributed by atoms with van der Waals surface area (Å²) in [7, 11) is 0. The van der Waals surface area contributed by atoms with E-state index in [2.05, 4.69) is 49.6 Å². The number of hydrogen-bond acceptors (Lipinski definition) is 4. The summed E-state index contributed by atoms with van der Waals surface area (Å²) in [6.07, 6.45) is 2.99. The lowest BCUT2D eigenvalue weighted by molar-refractivity contribution is -0.129. The minimum atomic E-state index is -0.188. The molecule has 1 fully saturated rings. The Balaban J connectivity index is 1.53. The van der Waals surface area contributed by atoms with E-state index in [9.17, 15) is 4.79 Å². The highest BCUT2D eigenvalue weighted by Gasteiger charge is 2.36. The third-order valence-corrected chi connectivity index (χ3v) is 5.63. The van der Waals surface area contributed by atoms with E-state index in [-0.39, 0.29) is 17.4 Å². The molecule has 0 aliphatic carbocycles. The quantitative estimate of drug-likeness (QED) is 0.563. The van der Waals surface area contributed by atoms with Crippen molar-refractivity contribution in [1.29, 1.82) is 0 Å². The largest absolute Gasteiger partial charge is 0.337 e. The third kappa shape index (κ3) is 4.06. The molecule has 3 aromatic rings. The summed E-state index contributed by atoms with van der Waals surface area (Å²) in [5.41, 5.74) is 4.38. The van der Waals surface area contributed by atoms with Crippen LogP contribution in [-0.2, 0) is 16.8 Å². The van der Waals surface area contributed by atoms with Crippen molar-refractivity contribution < 1.29 is 9.32 Å². The first-order valence-electron chi connectivity index (χ1n) is 10.3. The molecule has 5 heteroatoms. The lowest BCUT2D eigenvalue weighted by Gasteiger charge is -2.22. The van der Waals surface area contributed by atoms with Crippen LogP contribution in [0.3, 0.4) is 0 Å². The Morgan fingerprint density at radius 1 is 1.13 bits per heavy atom. The summed E-state index contributed by atoms with van der Waals surface area (Å²) in [5, 5.41) is 4.18. The second-order valence-corrected chi connectivity index (χ2v) is 8.81. The first-order valence-corrected chi connectivity index (χ1v) is 10.3. The number of nitrogens with zero attached hydrogens (tertiary/aromatic N) is 3. The normalized spacial score (nSPS) is 16.8. The average molecular weight is 402 g/mol. The molecule has 1 amide bonds. The Morgan fingerprint density at radius 2 is 1.83 bits per heavy atom. The molecule has 1 unspecified atom stereocenters. The molecule has 1 aliphatic rings. The van der Waals surface area contributed by atoms with Crippen LogP contribution in [0.4, 0.5) is 0 Å². The van der Waals surface area contributed by atoms with Gasteiger partial charge < -0.3 is 9.42 Å². The van der Waals surface area contributed by atoms with Crippen LogP contribution in [0.25, 0.3) is 17.5 Å². The van der Waals surface area contributed by atoms with E-state index in [4.69, 9.17) is 4.52 Å². The Labute approximate surface area is 177 Å². The zero-order valence-electron chi connectivity index (χ0n) is 17.8. The summed E-state index contributed by atoms with van der Waals surface area (Å²) < 4.78 is 5.59. The van der Waals surface area contributed by atoms with Crippen LogP contribution < -0.4 is 0 Å². The summed E-state index contributed by atoms with van der Waals surface area (Å²) in [4.78, 5) is 19.0. The number of carbonyl (C=O) groups is 1. The zero-order chi connectivity index (χ0) is 21.3. The van der Waals surface area contributed by atoms with Crippen molar-refractivity contribution in [2.45, 2.75) is 51.6 Å². The van der Waals surface area contributed by atoms with Gasteiger partial charge in [-0.3, -0.25) is 4.79 Å². The highest BCUT2D eigenvalue weighted by molar-refractivity contribution is 5.79. The molecule has 30 heavy (non-hydrogen) atoms. The molecular weight excluding hydrogens is 374 g/mol. The van der Waals surface area contributed by atoms with Crippen LogP contribution in [0.2, 0.25) is 0 Å². The van der Waals surface area contributed by atoms with E-state index < -0.39 is 0 Å². The van der Waals surface area contributed by atoms with Gasteiger partial charge in [0, 0.05) is 18.5 Å². The van der Waals surface area contributed by atoms with Crippen molar-refractivity contribution in [3.05, 3.63) is 77.7 Å². The molecule has 1 aromatic heterocycles. The molecule has 4 rings (SSSR count). The molecule has 2 heterocycles. The van der Waals surface area contributed by atoms with Crippen molar-refractivity contribution >= 4 is 12.0 Å². The average Bonchev–Trinajstić information content (AvgIpc) is 3.35. The number of hydrogen-bond donors (Lipinski definition) is 0. The number of likely N-dealkylation sites (tertiary alicyclic amines) is 1. The van der Waals surface area contributed by atoms with Gasteiger partial charge in [0.25, 0.3) is 0 Å².